The standard InChI is InChI=1S/C13H14N4O2S/c1-17-13(8-10-15-17)20(18,19)16-12-7-3-2-5-11(12)6-4-9-14/h2-3,5,7-8,10,16H,9,14H2,1H3. The van der Waals surface area contributed by atoms with Gasteiger partial charge < -0.3 is 5.73 Å². The van der Waals surface area contributed by atoms with E-state index >= 15 is 0 Å². The molecule has 0 aliphatic carbocycles. The van der Waals surface area contributed by atoms with Gasteiger partial charge in [0.15, 0.2) is 5.03 Å². The lowest BCUT2D eigenvalue weighted by Crippen LogP contribution is -2.17. The molecule has 7 heteroatoms. The van der Waals surface area contributed by atoms with E-state index in [9.17, 15) is 8.42 Å². The zero-order valence-corrected chi connectivity index (χ0v) is 11.7. The molecule has 2 rings (SSSR count). The fraction of sp³-hybridized carbons (Fsp3) is 0.154. The van der Waals surface area contributed by atoms with Gasteiger partial charge in [-0.15, -0.1) is 0 Å². The Morgan fingerprint density at radius 2 is 2.10 bits per heavy atom. The first kappa shape index (κ1) is 14.1. The van der Waals surface area contributed by atoms with Crippen LogP contribution >= 0.6 is 0 Å². The maximum Gasteiger partial charge on any atom is 0.279 e. The molecule has 0 bridgehead atoms. The van der Waals surface area contributed by atoms with Crippen molar-refractivity contribution in [3.63, 3.8) is 0 Å². The predicted molar refractivity (Wildman–Crippen MR) is 76.4 cm³/mol. The molecular weight excluding hydrogens is 276 g/mol. The summed E-state index contributed by atoms with van der Waals surface area (Å²) in [6.45, 7) is 0.211. The summed E-state index contributed by atoms with van der Waals surface area (Å²) in [7, 11) is -2.13. The van der Waals surface area contributed by atoms with Crippen LogP contribution in [0.4, 0.5) is 5.69 Å². The summed E-state index contributed by atoms with van der Waals surface area (Å²) in [5.74, 6) is 5.53. The van der Waals surface area contributed by atoms with Gasteiger partial charge in [-0.05, 0) is 18.2 Å². The third kappa shape index (κ3) is 2.99. The number of hydrogen-bond acceptors (Lipinski definition) is 4. The molecule has 1 aromatic heterocycles. The number of nitrogens with one attached hydrogen (secondary N) is 1. The molecule has 2 aromatic rings. The summed E-state index contributed by atoms with van der Waals surface area (Å²) in [6, 6.07) is 8.31. The lowest BCUT2D eigenvalue weighted by molar-refractivity contribution is 0.582. The number of anilines is 1. The molecular formula is C13H14N4O2S. The van der Waals surface area contributed by atoms with E-state index < -0.39 is 10.0 Å². The third-order valence-corrected chi connectivity index (χ3v) is 3.99. The third-order valence-electron chi connectivity index (χ3n) is 2.55. The number of nitrogens with zero attached hydrogens (tertiary/aromatic N) is 2. The van der Waals surface area contributed by atoms with Gasteiger partial charge in [-0.1, -0.05) is 24.0 Å². The summed E-state index contributed by atoms with van der Waals surface area (Å²) < 4.78 is 28.3. The van der Waals surface area contributed by atoms with Crippen molar-refractivity contribution in [1.82, 2.24) is 9.78 Å². The van der Waals surface area contributed by atoms with E-state index in [0.717, 1.165) is 0 Å². The second-order valence-electron chi connectivity index (χ2n) is 3.95. The lowest BCUT2D eigenvalue weighted by Gasteiger charge is -2.09. The van der Waals surface area contributed by atoms with Crippen molar-refractivity contribution in [3.8, 4) is 11.8 Å². The van der Waals surface area contributed by atoms with Crippen LogP contribution in [0, 0.1) is 11.8 Å². The molecule has 1 aromatic carbocycles. The van der Waals surface area contributed by atoms with Crippen LogP contribution in [0.1, 0.15) is 5.56 Å². The topological polar surface area (TPSA) is 90.0 Å². The normalized spacial score (nSPS) is 10.7. The van der Waals surface area contributed by atoms with Crippen LogP contribution in [-0.2, 0) is 17.1 Å². The first-order chi connectivity index (χ1) is 9.54. The van der Waals surface area contributed by atoms with E-state index in [2.05, 4.69) is 21.7 Å². The molecule has 6 nitrogen and oxygen atoms in total. The summed E-state index contributed by atoms with van der Waals surface area (Å²) >= 11 is 0. The van der Waals surface area contributed by atoms with Crippen molar-refractivity contribution < 1.29 is 8.42 Å². The van der Waals surface area contributed by atoms with Gasteiger partial charge in [-0.3, -0.25) is 9.40 Å². The molecule has 0 fully saturated rings. The highest BCUT2D eigenvalue weighted by Crippen LogP contribution is 2.18. The average Bonchev–Trinajstić information content (AvgIpc) is 2.84. The smallest absolute Gasteiger partial charge is 0.279 e. The molecule has 0 saturated heterocycles. The Labute approximate surface area is 117 Å². The Hall–Kier alpha value is -2.30. The monoisotopic (exact) mass is 290 g/mol. The quantitative estimate of drug-likeness (QED) is 0.807. The Morgan fingerprint density at radius 1 is 1.35 bits per heavy atom. The van der Waals surface area contributed by atoms with Crippen molar-refractivity contribution in [2.75, 3.05) is 11.3 Å². The number of nitrogens with two attached hydrogens (primary N) is 1. The highest BCUT2D eigenvalue weighted by atomic mass is 32.2. The number of sulfonamides is 1. The highest BCUT2D eigenvalue weighted by Gasteiger charge is 2.18. The SMILES string of the molecule is Cn1nccc1S(=O)(=O)Nc1ccccc1C#CCN. The van der Waals surface area contributed by atoms with Crippen LogP contribution in [0.15, 0.2) is 41.6 Å². The lowest BCUT2D eigenvalue weighted by atomic mass is 10.2. The van der Waals surface area contributed by atoms with Gasteiger partial charge in [0.1, 0.15) is 0 Å². The molecule has 3 N–H and O–H groups in total. The van der Waals surface area contributed by atoms with Crippen molar-refractivity contribution in [2.45, 2.75) is 5.03 Å². The van der Waals surface area contributed by atoms with Crippen molar-refractivity contribution in [2.24, 2.45) is 12.8 Å². The Bertz CT molecular complexity index is 769. The molecule has 0 radical (unpaired) electrons. The van der Waals surface area contributed by atoms with Gasteiger partial charge in [0, 0.05) is 12.6 Å². The maximum atomic E-state index is 12.3. The van der Waals surface area contributed by atoms with Crippen molar-refractivity contribution >= 4 is 15.7 Å². The minimum Gasteiger partial charge on any atom is -0.320 e. The molecule has 104 valence electrons. The van der Waals surface area contributed by atoms with Gasteiger partial charge in [-0.2, -0.15) is 13.5 Å². The molecule has 0 amide bonds. The second-order valence-corrected chi connectivity index (χ2v) is 5.58. The molecule has 0 spiro atoms. The van der Waals surface area contributed by atoms with Gasteiger partial charge in [0.25, 0.3) is 10.0 Å². The van der Waals surface area contributed by atoms with Crippen LogP contribution in [0.2, 0.25) is 0 Å². The van der Waals surface area contributed by atoms with Crippen molar-refractivity contribution in [1.29, 1.82) is 0 Å². The molecule has 20 heavy (non-hydrogen) atoms. The van der Waals surface area contributed by atoms with E-state index in [-0.39, 0.29) is 11.6 Å². The van der Waals surface area contributed by atoms with Crippen LogP contribution in [0.25, 0.3) is 0 Å². The zero-order valence-electron chi connectivity index (χ0n) is 10.9. The van der Waals surface area contributed by atoms with Gasteiger partial charge >= 0.3 is 0 Å². The molecule has 1 heterocycles. The van der Waals surface area contributed by atoms with E-state index in [1.807, 2.05) is 0 Å². The molecule has 0 unspecified atom stereocenters. The maximum absolute atomic E-state index is 12.3. The Kier molecular flexibility index (Phi) is 4.08. The van der Waals surface area contributed by atoms with E-state index in [1.54, 1.807) is 31.3 Å². The first-order valence-corrected chi connectivity index (χ1v) is 7.31. The van der Waals surface area contributed by atoms with Crippen LogP contribution < -0.4 is 10.5 Å². The molecule has 0 aliphatic heterocycles. The summed E-state index contributed by atoms with van der Waals surface area (Å²) in [4.78, 5) is 0. The predicted octanol–water partition coefficient (Wildman–Crippen LogP) is 0.531. The van der Waals surface area contributed by atoms with E-state index in [4.69, 9.17) is 5.73 Å². The second kappa shape index (κ2) is 5.77. The largest absolute Gasteiger partial charge is 0.320 e. The number of aryl methyl sites for hydroxylation is 1. The van der Waals surface area contributed by atoms with Gasteiger partial charge in [-0.25, -0.2) is 0 Å². The summed E-state index contributed by atoms with van der Waals surface area (Å²) in [5, 5.41) is 3.93. The number of hydrogen-bond donors (Lipinski definition) is 2. The minimum atomic E-state index is -3.70. The average molecular weight is 290 g/mol. The zero-order chi connectivity index (χ0) is 14.6. The summed E-state index contributed by atoms with van der Waals surface area (Å²) in [5.41, 5.74) is 6.31. The minimum absolute atomic E-state index is 0.0825. The van der Waals surface area contributed by atoms with Crippen LogP contribution in [0.3, 0.4) is 0 Å². The van der Waals surface area contributed by atoms with Crippen molar-refractivity contribution in [3.05, 3.63) is 42.1 Å². The van der Waals surface area contributed by atoms with E-state index in [0.29, 0.717) is 11.3 Å². The first-order valence-electron chi connectivity index (χ1n) is 5.83. The summed E-state index contributed by atoms with van der Waals surface area (Å²) in [6.07, 6.45) is 1.43. The number of benzene rings is 1. The highest BCUT2D eigenvalue weighted by molar-refractivity contribution is 7.92. The number of aromatic nitrogens is 2. The van der Waals surface area contributed by atoms with Crippen LogP contribution in [-0.4, -0.2) is 24.7 Å². The molecule has 0 atom stereocenters. The van der Waals surface area contributed by atoms with Gasteiger partial charge in [0.2, 0.25) is 0 Å². The number of rotatable bonds is 3. The molecule has 0 saturated carbocycles. The fourth-order valence-corrected chi connectivity index (χ4v) is 2.86. The number of para-hydroxylation sites is 1. The Balaban J connectivity index is 2.38. The molecule has 0 aliphatic rings. The van der Waals surface area contributed by atoms with Crippen LogP contribution in [0.5, 0.6) is 0 Å². The van der Waals surface area contributed by atoms with E-state index in [1.165, 1.54) is 16.9 Å². The van der Waals surface area contributed by atoms with Gasteiger partial charge in [0.05, 0.1) is 18.4 Å². The Morgan fingerprint density at radius 3 is 2.75 bits per heavy atom. The fourth-order valence-electron chi connectivity index (χ4n) is 1.65.